The van der Waals surface area contributed by atoms with Gasteiger partial charge in [-0.1, -0.05) is 6.92 Å². The van der Waals surface area contributed by atoms with Gasteiger partial charge in [-0.2, -0.15) is 0 Å². The van der Waals surface area contributed by atoms with E-state index >= 15 is 0 Å². The van der Waals surface area contributed by atoms with Crippen LogP contribution in [0.4, 0.5) is 0 Å². The van der Waals surface area contributed by atoms with Crippen LogP contribution in [0.1, 0.15) is 20.8 Å². The van der Waals surface area contributed by atoms with Gasteiger partial charge in [0.1, 0.15) is 0 Å². The number of hydrogen-bond donors (Lipinski definition) is 3. The second-order valence-corrected chi connectivity index (χ2v) is 7.78. The molecule has 27 heavy (non-hydrogen) atoms. The predicted molar refractivity (Wildman–Crippen MR) is 110 cm³/mol. The van der Waals surface area contributed by atoms with E-state index in [2.05, 4.69) is 44.2 Å². The van der Waals surface area contributed by atoms with Crippen LogP contribution in [-0.4, -0.2) is 123 Å². The van der Waals surface area contributed by atoms with Crippen molar-refractivity contribution in [1.29, 1.82) is 0 Å². The molecule has 2 rings (SSSR count). The van der Waals surface area contributed by atoms with Crippen LogP contribution < -0.4 is 10.6 Å². The van der Waals surface area contributed by atoms with Gasteiger partial charge in [0.2, 0.25) is 0 Å². The summed E-state index contributed by atoms with van der Waals surface area (Å²) in [4.78, 5) is 11.9. The van der Waals surface area contributed by atoms with Crippen LogP contribution in [0.2, 0.25) is 0 Å². The Morgan fingerprint density at radius 3 is 2.30 bits per heavy atom. The molecule has 0 aromatic carbocycles. The van der Waals surface area contributed by atoms with Crippen LogP contribution in [-0.2, 0) is 4.74 Å². The summed E-state index contributed by atoms with van der Waals surface area (Å²) in [6.45, 7) is 18.9. The van der Waals surface area contributed by atoms with Gasteiger partial charge in [0.05, 0.1) is 25.4 Å². The first kappa shape index (κ1) is 22.4. The van der Waals surface area contributed by atoms with Crippen molar-refractivity contribution < 1.29 is 9.84 Å². The Morgan fingerprint density at radius 1 is 1.00 bits per heavy atom. The summed E-state index contributed by atoms with van der Waals surface area (Å²) in [6.07, 6.45) is 0. The van der Waals surface area contributed by atoms with Crippen molar-refractivity contribution >= 4 is 5.96 Å². The molecule has 0 aliphatic carbocycles. The lowest BCUT2D eigenvalue weighted by Gasteiger charge is -2.34. The molecular weight excluding hydrogens is 344 g/mol. The number of nitrogens with one attached hydrogen (secondary N) is 2. The lowest BCUT2D eigenvalue weighted by Crippen LogP contribution is -2.50. The summed E-state index contributed by atoms with van der Waals surface area (Å²) in [5, 5.41) is 17.4. The van der Waals surface area contributed by atoms with Gasteiger partial charge < -0.3 is 25.4 Å². The van der Waals surface area contributed by atoms with Crippen molar-refractivity contribution in [2.75, 3.05) is 91.8 Å². The van der Waals surface area contributed by atoms with E-state index in [1.807, 2.05) is 6.92 Å². The fraction of sp³-hybridized carbons (Fsp3) is 0.947. The molecule has 2 aliphatic heterocycles. The van der Waals surface area contributed by atoms with Crippen molar-refractivity contribution in [1.82, 2.24) is 25.3 Å². The highest BCUT2D eigenvalue weighted by atomic mass is 16.5. The molecule has 1 unspecified atom stereocenters. The molecular formula is C19H40N6O2. The third-order valence-corrected chi connectivity index (χ3v) is 5.22. The maximum atomic E-state index is 10.7. The van der Waals surface area contributed by atoms with Gasteiger partial charge in [-0.05, 0) is 20.4 Å². The zero-order valence-corrected chi connectivity index (χ0v) is 17.5. The van der Waals surface area contributed by atoms with Crippen molar-refractivity contribution in [3.8, 4) is 0 Å². The fourth-order valence-corrected chi connectivity index (χ4v) is 3.54. The molecule has 0 aromatic rings. The third-order valence-electron chi connectivity index (χ3n) is 5.22. The first-order valence-corrected chi connectivity index (χ1v) is 10.5. The number of guanidine groups is 1. The van der Waals surface area contributed by atoms with Gasteiger partial charge in [0, 0.05) is 65.4 Å². The van der Waals surface area contributed by atoms with Crippen LogP contribution in [0.15, 0.2) is 4.99 Å². The average molecular weight is 385 g/mol. The molecule has 0 saturated carbocycles. The smallest absolute Gasteiger partial charge is 0.191 e. The van der Waals surface area contributed by atoms with Crippen molar-refractivity contribution in [3.63, 3.8) is 0 Å². The molecule has 0 aromatic heterocycles. The van der Waals surface area contributed by atoms with Gasteiger partial charge >= 0.3 is 0 Å². The minimum absolute atomic E-state index is 0.384. The Balaban J connectivity index is 1.72. The summed E-state index contributed by atoms with van der Waals surface area (Å²) in [5.74, 6) is 0.784. The molecule has 1 atom stereocenters. The molecule has 2 heterocycles. The molecule has 8 nitrogen and oxygen atoms in total. The van der Waals surface area contributed by atoms with Gasteiger partial charge in [0.25, 0.3) is 0 Å². The van der Waals surface area contributed by atoms with Crippen LogP contribution in [0.5, 0.6) is 0 Å². The molecule has 2 saturated heterocycles. The highest BCUT2D eigenvalue weighted by molar-refractivity contribution is 5.79. The average Bonchev–Trinajstić information content (AvgIpc) is 2.67. The topological polar surface area (TPSA) is 75.6 Å². The Hall–Kier alpha value is -0.930. The van der Waals surface area contributed by atoms with Crippen LogP contribution >= 0.6 is 0 Å². The number of nitrogens with zero attached hydrogens (tertiary/aromatic N) is 4. The van der Waals surface area contributed by atoms with Gasteiger partial charge in [-0.3, -0.25) is 14.8 Å². The normalized spacial score (nSPS) is 23.2. The molecule has 0 radical (unpaired) electrons. The summed E-state index contributed by atoms with van der Waals surface area (Å²) in [6, 6.07) is 0. The second-order valence-electron chi connectivity index (χ2n) is 7.78. The van der Waals surface area contributed by atoms with Crippen LogP contribution in [0.3, 0.4) is 0 Å². The lowest BCUT2D eigenvalue weighted by atomic mass is 10.1. The molecule has 3 N–H and O–H groups in total. The number of hydrogen-bond acceptors (Lipinski definition) is 6. The first-order valence-electron chi connectivity index (χ1n) is 10.5. The summed E-state index contributed by atoms with van der Waals surface area (Å²) >= 11 is 0. The number of piperazine rings is 1. The molecule has 158 valence electrons. The van der Waals surface area contributed by atoms with Crippen molar-refractivity contribution in [2.45, 2.75) is 26.4 Å². The van der Waals surface area contributed by atoms with E-state index in [0.717, 1.165) is 84.6 Å². The second kappa shape index (κ2) is 11.8. The maximum Gasteiger partial charge on any atom is 0.191 e. The number of β-amino-alcohol motifs (C(OH)–C–C–N with tert-alkyl or cyclic N) is 1. The number of morpholine rings is 1. The summed E-state index contributed by atoms with van der Waals surface area (Å²) in [7, 11) is 0. The standard InChI is InChI=1S/C19H40N6O2/c1-4-20-18(21-6-7-24-10-8-23(5-2)9-11-24)22-16-19(3,26)17-25-12-14-27-15-13-25/h26H,4-17H2,1-3H3,(H2,20,21,22). The van der Waals surface area contributed by atoms with E-state index in [9.17, 15) is 5.11 Å². The van der Waals surface area contributed by atoms with E-state index in [-0.39, 0.29) is 0 Å². The Kier molecular flexibility index (Phi) is 9.78. The zero-order valence-electron chi connectivity index (χ0n) is 17.5. The number of ether oxygens (including phenoxy) is 1. The molecule has 8 heteroatoms. The highest BCUT2D eigenvalue weighted by Crippen LogP contribution is 2.09. The monoisotopic (exact) mass is 384 g/mol. The van der Waals surface area contributed by atoms with E-state index < -0.39 is 5.60 Å². The molecule has 0 bridgehead atoms. The Labute approximate surface area is 164 Å². The van der Waals surface area contributed by atoms with Crippen LogP contribution in [0, 0.1) is 0 Å². The molecule has 0 amide bonds. The number of aliphatic hydroxyl groups is 1. The minimum atomic E-state index is -0.837. The van der Waals surface area contributed by atoms with E-state index in [0.29, 0.717) is 13.1 Å². The molecule has 2 aliphatic rings. The SMILES string of the molecule is CCNC(=NCC(C)(O)CN1CCOCC1)NCCN1CCN(CC)CC1. The predicted octanol–water partition coefficient (Wildman–Crippen LogP) is -0.738. The molecule has 2 fully saturated rings. The van der Waals surface area contributed by atoms with Gasteiger partial charge in [0.15, 0.2) is 5.96 Å². The van der Waals surface area contributed by atoms with E-state index in [1.165, 1.54) is 0 Å². The Bertz CT molecular complexity index is 432. The minimum Gasteiger partial charge on any atom is -0.387 e. The maximum absolute atomic E-state index is 10.7. The van der Waals surface area contributed by atoms with Crippen molar-refractivity contribution in [3.05, 3.63) is 0 Å². The van der Waals surface area contributed by atoms with Crippen LogP contribution in [0.25, 0.3) is 0 Å². The first-order chi connectivity index (χ1) is 13.0. The Morgan fingerprint density at radius 2 is 1.67 bits per heavy atom. The number of likely N-dealkylation sites (N-methyl/N-ethyl adjacent to an activating group) is 1. The zero-order chi connectivity index (χ0) is 19.5. The third kappa shape index (κ3) is 8.74. The summed E-state index contributed by atoms with van der Waals surface area (Å²) in [5.41, 5.74) is -0.837. The number of rotatable bonds is 9. The number of aliphatic imine (C=N–C) groups is 1. The lowest BCUT2D eigenvalue weighted by molar-refractivity contribution is -0.0180. The summed E-state index contributed by atoms with van der Waals surface area (Å²) < 4.78 is 5.37. The highest BCUT2D eigenvalue weighted by Gasteiger charge is 2.25. The molecule has 0 spiro atoms. The van der Waals surface area contributed by atoms with Gasteiger partial charge in [-0.15, -0.1) is 0 Å². The van der Waals surface area contributed by atoms with Crippen molar-refractivity contribution in [2.24, 2.45) is 4.99 Å². The quantitative estimate of drug-likeness (QED) is 0.357. The fourth-order valence-electron chi connectivity index (χ4n) is 3.54. The largest absolute Gasteiger partial charge is 0.387 e. The van der Waals surface area contributed by atoms with E-state index in [4.69, 9.17) is 4.74 Å². The van der Waals surface area contributed by atoms with Gasteiger partial charge in [-0.25, -0.2) is 0 Å². The van der Waals surface area contributed by atoms with E-state index in [1.54, 1.807) is 0 Å².